The fourth-order valence-corrected chi connectivity index (χ4v) is 2.91. The first-order valence-corrected chi connectivity index (χ1v) is 8.71. The number of amides is 1. The lowest BCUT2D eigenvalue weighted by Crippen LogP contribution is -2.45. The molecule has 0 spiro atoms. The van der Waals surface area contributed by atoms with E-state index in [0.717, 1.165) is 10.9 Å². The number of hydrogen-bond donors (Lipinski definition) is 3. The molecule has 2 aromatic heterocycles. The summed E-state index contributed by atoms with van der Waals surface area (Å²) in [5.74, 6) is -3.28. The van der Waals surface area contributed by atoms with E-state index in [1.54, 1.807) is 43.6 Å². The number of carbonyl (C=O) groups is 1. The molecule has 4 rings (SSSR count). The molecule has 0 saturated carbocycles. The van der Waals surface area contributed by atoms with Crippen LogP contribution in [-0.2, 0) is 5.79 Å². The normalized spacial score (nSPS) is 13.2. The number of aliphatic hydroxyl groups is 1. The molecule has 1 amide bonds. The van der Waals surface area contributed by atoms with E-state index in [2.05, 4.69) is 20.4 Å². The van der Waals surface area contributed by atoms with Crippen molar-refractivity contribution >= 4 is 16.8 Å². The van der Waals surface area contributed by atoms with E-state index < -0.39 is 24.2 Å². The average Bonchev–Trinajstić information content (AvgIpc) is 3.41. The number of nitrogens with one attached hydrogen (secondary N) is 2. The molecule has 0 unspecified atom stereocenters. The number of H-pyrrole nitrogens is 1. The van der Waals surface area contributed by atoms with E-state index in [1.165, 1.54) is 12.1 Å². The van der Waals surface area contributed by atoms with Gasteiger partial charge in [-0.3, -0.25) is 4.79 Å². The Bertz CT molecular complexity index is 1160. The summed E-state index contributed by atoms with van der Waals surface area (Å²) in [6, 6.07) is 13.5. The van der Waals surface area contributed by atoms with Crippen molar-refractivity contribution in [3.63, 3.8) is 0 Å². The van der Waals surface area contributed by atoms with Gasteiger partial charge in [0.15, 0.2) is 0 Å². The van der Waals surface area contributed by atoms with Gasteiger partial charge >= 0.3 is 0 Å². The fourth-order valence-electron chi connectivity index (χ4n) is 2.91. The van der Waals surface area contributed by atoms with Crippen molar-refractivity contribution < 1.29 is 23.6 Å². The Morgan fingerprint density at radius 1 is 1.31 bits per heavy atom. The molecule has 0 fully saturated rings. The van der Waals surface area contributed by atoms with E-state index in [0.29, 0.717) is 11.3 Å². The van der Waals surface area contributed by atoms with Gasteiger partial charge in [0.1, 0.15) is 12.4 Å². The van der Waals surface area contributed by atoms with Crippen LogP contribution in [-0.4, -0.2) is 39.9 Å². The lowest BCUT2D eigenvalue weighted by Gasteiger charge is -2.20. The zero-order chi connectivity index (χ0) is 20.4. The molecule has 2 aromatic carbocycles. The first kappa shape index (κ1) is 18.6. The molecule has 29 heavy (non-hydrogen) atoms. The highest BCUT2D eigenvalue weighted by Gasteiger charge is 2.40. The van der Waals surface area contributed by atoms with Gasteiger partial charge in [0.05, 0.1) is 7.11 Å². The molecular formula is C20H17FN4O4. The second-order valence-electron chi connectivity index (χ2n) is 6.32. The van der Waals surface area contributed by atoms with Crippen molar-refractivity contribution in [3.05, 3.63) is 66.2 Å². The summed E-state index contributed by atoms with van der Waals surface area (Å²) in [4.78, 5) is 19.4. The lowest BCUT2D eigenvalue weighted by molar-refractivity contribution is 0.00786. The summed E-state index contributed by atoms with van der Waals surface area (Å²) >= 11 is 0. The zero-order valence-corrected chi connectivity index (χ0v) is 15.3. The number of aromatic nitrogens is 3. The van der Waals surface area contributed by atoms with Gasteiger partial charge in [-0.1, -0.05) is 23.4 Å². The van der Waals surface area contributed by atoms with E-state index in [-0.39, 0.29) is 11.4 Å². The number of hydrogen-bond acceptors (Lipinski definition) is 6. The fraction of sp³-hybridized carbons (Fsp3) is 0.150. The maximum Gasteiger partial charge on any atom is 0.288 e. The van der Waals surface area contributed by atoms with Crippen molar-refractivity contribution in [2.45, 2.75) is 5.79 Å². The molecule has 148 valence electrons. The third-order valence-electron chi connectivity index (χ3n) is 4.46. The number of nitrogens with zero attached hydrogens (tertiary/aromatic N) is 2. The van der Waals surface area contributed by atoms with E-state index in [9.17, 15) is 9.90 Å². The average molecular weight is 396 g/mol. The number of halogens is 1. The number of carbonyl (C=O) groups excluding carboxylic acids is 1. The maximum absolute atomic E-state index is 15.3. The zero-order valence-electron chi connectivity index (χ0n) is 15.3. The van der Waals surface area contributed by atoms with Crippen molar-refractivity contribution in [3.8, 4) is 17.1 Å². The molecule has 2 heterocycles. The first-order chi connectivity index (χ1) is 14.0. The molecule has 0 aliphatic heterocycles. The van der Waals surface area contributed by atoms with Crippen molar-refractivity contribution in [1.82, 2.24) is 20.4 Å². The molecule has 3 N–H and O–H groups in total. The first-order valence-electron chi connectivity index (χ1n) is 8.71. The van der Waals surface area contributed by atoms with Crippen LogP contribution in [0.5, 0.6) is 5.75 Å². The van der Waals surface area contributed by atoms with Crippen molar-refractivity contribution in [1.29, 1.82) is 0 Å². The summed E-state index contributed by atoms with van der Waals surface area (Å²) in [5, 5.41) is 16.2. The van der Waals surface area contributed by atoms with Crippen LogP contribution in [0.25, 0.3) is 22.3 Å². The van der Waals surface area contributed by atoms with Gasteiger partial charge in [-0.05, 0) is 30.3 Å². The molecule has 0 saturated heterocycles. The second kappa shape index (κ2) is 7.36. The highest BCUT2D eigenvalue weighted by Crippen LogP contribution is 2.31. The summed E-state index contributed by atoms with van der Waals surface area (Å²) in [6.45, 7) is -1.07. The van der Waals surface area contributed by atoms with Crippen LogP contribution in [0.2, 0.25) is 0 Å². The SMILES string of the molecule is COc1ccc2[nH]cc(-c3noc([C@@](F)(CO)NC(=O)c4ccccc4)n3)c2c1. The molecule has 8 nitrogen and oxygen atoms in total. The van der Waals surface area contributed by atoms with Gasteiger partial charge in [-0.2, -0.15) is 4.98 Å². The second-order valence-corrected chi connectivity index (χ2v) is 6.32. The highest BCUT2D eigenvalue weighted by atomic mass is 19.1. The Balaban J connectivity index is 1.66. The van der Waals surface area contributed by atoms with Crippen molar-refractivity contribution in [2.75, 3.05) is 13.7 Å². The molecule has 0 bridgehead atoms. The standard InChI is InChI=1S/C20H17FN4O4/c1-28-13-7-8-16-14(9-13)15(10-22-16)17-23-19(29-25-17)20(21,11-26)24-18(27)12-5-3-2-4-6-12/h2-10,22,26H,11H2,1H3,(H,24,27)/t20-/m1/s1. The van der Waals surface area contributed by atoms with Gasteiger partial charge in [0, 0.05) is 28.2 Å². The van der Waals surface area contributed by atoms with Gasteiger partial charge < -0.3 is 24.7 Å². The number of ether oxygens (including phenoxy) is 1. The topological polar surface area (TPSA) is 113 Å². The van der Waals surface area contributed by atoms with Crippen LogP contribution in [0, 0.1) is 0 Å². The number of benzene rings is 2. The minimum atomic E-state index is -2.73. The Kier molecular flexibility index (Phi) is 4.73. The maximum atomic E-state index is 15.3. The monoisotopic (exact) mass is 396 g/mol. The van der Waals surface area contributed by atoms with Crippen LogP contribution in [0.15, 0.2) is 59.3 Å². The number of alkyl halides is 1. The molecule has 4 aromatic rings. The molecular weight excluding hydrogens is 379 g/mol. The number of fused-ring (bicyclic) bond motifs is 1. The Hall–Kier alpha value is -3.72. The number of aromatic amines is 1. The number of aliphatic hydroxyl groups excluding tert-OH is 1. The molecule has 0 radical (unpaired) electrons. The van der Waals surface area contributed by atoms with Gasteiger partial charge in [0.25, 0.3) is 17.6 Å². The number of rotatable bonds is 6. The minimum Gasteiger partial charge on any atom is -0.497 e. The van der Waals surface area contributed by atoms with Crippen LogP contribution in [0.1, 0.15) is 16.2 Å². The molecule has 9 heteroatoms. The Morgan fingerprint density at radius 2 is 2.10 bits per heavy atom. The summed E-state index contributed by atoms with van der Waals surface area (Å²) in [7, 11) is 1.55. The van der Waals surface area contributed by atoms with Crippen LogP contribution >= 0.6 is 0 Å². The van der Waals surface area contributed by atoms with E-state index >= 15 is 4.39 Å². The van der Waals surface area contributed by atoms with Crippen LogP contribution < -0.4 is 10.1 Å². The van der Waals surface area contributed by atoms with E-state index in [1.807, 2.05) is 6.07 Å². The van der Waals surface area contributed by atoms with Crippen molar-refractivity contribution in [2.24, 2.45) is 0 Å². The summed E-state index contributed by atoms with van der Waals surface area (Å²) in [5.41, 5.74) is 1.59. The molecule has 0 aliphatic carbocycles. The minimum absolute atomic E-state index is 0.101. The Labute approximate surface area is 164 Å². The van der Waals surface area contributed by atoms with Gasteiger partial charge in [0.2, 0.25) is 5.82 Å². The van der Waals surface area contributed by atoms with Crippen LogP contribution in [0.4, 0.5) is 4.39 Å². The number of methoxy groups -OCH3 is 1. The highest BCUT2D eigenvalue weighted by molar-refractivity contribution is 5.95. The predicted octanol–water partition coefficient (Wildman–Crippen LogP) is 2.77. The molecule has 0 aliphatic rings. The predicted molar refractivity (Wildman–Crippen MR) is 102 cm³/mol. The third kappa shape index (κ3) is 3.43. The van der Waals surface area contributed by atoms with Gasteiger partial charge in [-0.15, -0.1) is 0 Å². The summed E-state index contributed by atoms with van der Waals surface area (Å²) < 4.78 is 25.5. The smallest absolute Gasteiger partial charge is 0.288 e. The van der Waals surface area contributed by atoms with E-state index in [4.69, 9.17) is 9.26 Å². The molecule has 1 atom stereocenters. The lowest BCUT2D eigenvalue weighted by atomic mass is 10.1. The van der Waals surface area contributed by atoms with Crippen LogP contribution in [0.3, 0.4) is 0 Å². The third-order valence-corrected chi connectivity index (χ3v) is 4.46. The van der Waals surface area contributed by atoms with Gasteiger partial charge in [-0.25, -0.2) is 4.39 Å². The quantitative estimate of drug-likeness (QED) is 0.432. The largest absolute Gasteiger partial charge is 0.497 e. The summed E-state index contributed by atoms with van der Waals surface area (Å²) in [6.07, 6.45) is 1.65. The Morgan fingerprint density at radius 3 is 2.83 bits per heavy atom.